The average Bonchev–Trinajstić information content (AvgIpc) is 2.95. The van der Waals surface area contributed by atoms with Crippen LogP contribution < -0.4 is 5.32 Å². The van der Waals surface area contributed by atoms with E-state index < -0.39 is 0 Å². The van der Waals surface area contributed by atoms with Gasteiger partial charge in [0.1, 0.15) is 12.0 Å². The molecule has 2 heterocycles. The Labute approximate surface area is 104 Å². The third-order valence-corrected chi connectivity index (χ3v) is 2.59. The Morgan fingerprint density at radius 3 is 2.22 bits per heavy atom. The molecule has 4 heteroatoms. The number of nitrogens with zero attached hydrogens (tertiary/aromatic N) is 2. The van der Waals surface area contributed by atoms with Gasteiger partial charge in [0.15, 0.2) is 0 Å². The van der Waals surface area contributed by atoms with Crippen LogP contribution in [0.5, 0.6) is 0 Å². The molecule has 0 spiro atoms. The second-order valence-electron chi connectivity index (χ2n) is 3.82. The smallest absolute Gasteiger partial charge is 0.124 e. The van der Waals surface area contributed by atoms with E-state index >= 15 is 0 Å². The highest BCUT2D eigenvalue weighted by Gasteiger charge is 2.00. The van der Waals surface area contributed by atoms with Crippen molar-refractivity contribution in [3.8, 4) is 11.3 Å². The first-order chi connectivity index (χ1) is 8.92. The van der Waals surface area contributed by atoms with E-state index in [0.717, 1.165) is 22.6 Å². The number of hydrogen-bond donors (Lipinski definition) is 1. The molecular formula is C14H11N3O. The van der Waals surface area contributed by atoms with E-state index in [9.17, 15) is 0 Å². The van der Waals surface area contributed by atoms with Crippen molar-refractivity contribution in [1.82, 2.24) is 10.1 Å². The first-order valence-corrected chi connectivity index (χ1v) is 5.60. The minimum absolute atomic E-state index is 0.838. The molecule has 0 saturated carbocycles. The van der Waals surface area contributed by atoms with Crippen LogP contribution in [-0.2, 0) is 0 Å². The molecule has 0 aliphatic carbocycles. The summed E-state index contributed by atoms with van der Waals surface area (Å²) in [7, 11) is 0. The second kappa shape index (κ2) is 4.71. The lowest BCUT2D eigenvalue weighted by molar-refractivity contribution is 0.422. The van der Waals surface area contributed by atoms with Gasteiger partial charge in [-0.2, -0.15) is 0 Å². The van der Waals surface area contributed by atoms with Crippen molar-refractivity contribution in [1.29, 1.82) is 0 Å². The normalized spacial score (nSPS) is 10.2. The van der Waals surface area contributed by atoms with E-state index in [1.54, 1.807) is 18.7 Å². The number of rotatable bonds is 3. The van der Waals surface area contributed by atoms with Gasteiger partial charge in [-0.1, -0.05) is 17.3 Å². The third kappa shape index (κ3) is 2.22. The molecule has 0 saturated heterocycles. The van der Waals surface area contributed by atoms with E-state index in [1.165, 1.54) is 0 Å². The summed E-state index contributed by atoms with van der Waals surface area (Å²) in [5.74, 6) is 0. The summed E-state index contributed by atoms with van der Waals surface area (Å²) in [4.78, 5) is 3.98. The SMILES string of the molecule is c1cc(Nc2ccc(-c3ccon3)cc2)ccn1. The van der Waals surface area contributed by atoms with Crippen LogP contribution in [0, 0.1) is 0 Å². The molecule has 18 heavy (non-hydrogen) atoms. The van der Waals surface area contributed by atoms with Crippen molar-refractivity contribution in [2.45, 2.75) is 0 Å². The topological polar surface area (TPSA) is 51.0 Å². The van der Waals surface area contributed by atoms with E-state index in [-0.39, 0.29) is 0 Å². The summed E-state index contributed by atoms with van der Waals surface area (Å²) in [6, 6.07) is 13.7. The van der Waals surface area contributed by atoms with Crippen LogP contribution in [0.1, 0.15) is 0 Å². The van der Waals surface area contributed by atoms with Crippen molar-refractivity contribution >= 4 is 11.4 Å². The first kappa shape index (κ1) is 10.5. The van der Waals surface area contributed by atoms with Gasteiger partial charge in [0.05, 0.1) is 0 Å². The molecule has 1 N–H and O–H groups in total. The molecule has 0 unspecified atom stereocenters. The van der Waals surface area contributed by atoms with Crippen LogP contribution in [-0.4, -0.2) is 10.1 Å². The van der Waals surface area contributed by atoms with Crippen molar-refractivity contribution in [3.63, 3.8) is 0 Å². The predicted octanol–water partition coefficient (Wildman–Crippen LogP) is 3.48. The van der Waals surface area contributed by atoms with Gasteiger partial charge in [-0.05, 0) is 24.3 Å². The van der Waals surface area contributed by atoms with Crippen LogP contribution in [0.25, 0.3) is 11.3 Å². The maximum atomic E-state index is 4.82. The maximum absolute atomic E-state index is 4.82. The first-order valence-electron chi connectivity index (χ1n) is 5.60. The van der Waals surface area contributed by atoms with E-state index in [0.29, 0.717) is 0 Å². The average molecular weight is 237 g/mol. The van der Waals surface area contributed by atoms with Crippen molar-refractivity contribution in [2.24, 2.45) is 0 Å². The van der Waals surface area contributed by atoms with Crippen LogP contribution in [0.3, 0.4) is 0 Å². The van der Waals surface area contributed by atoms with E-state index in [2.05, 4.69) is 15.5 Å². The lowest BCUT2D eigenvalue weighted by atomic mass is 10.1. The summed E-state index contributed by atoms with van der Waals surface area (Å²) < 4.78 is 4.82. The molecule has 2 aromatic heterocycles. The molecule has 3 aromatic rings. The Kier molecular flexibility index (Phi) is 2.75. The Morgan fingerprint density at radius 1 is 0.833 bits per heavy atom. The van der Waals surface area contributed by atoms with Gasteiger partial charge in [-0.15, -0.1) is 0 Å². The minimum atomic E-state index is 0.838. The highest BCUT2D eigenvalue weighted by molar-refractivity contribution is 5.65. The fourth-order valence-electron chi connectivity index (χ4n) is 1.69. The second-order valence-corrected chi connectivity index (χ2v) is 3.82. The molecule has 0 aliphatic heterocycles. The molecule has 0 radical (unpaired) electrons. The lowest BCUT2D eigenvalue weighted by Gasteiger charge is -2.06. The van der Waals surface area contributed by atoms with Gasteiger partial charge >= 0.3 is 0 Å². The molecule has 3 rings (SSSR count). The Bertz CT molecular complexity index is 603. The molecule has 4 nitrogen and oxygen atoms in total. The monoisotopic (exact) mass is 237 g/mol. The molecule has 1 aromatic carbocycles. The number of anilines is 2. The van der Waals surface area contributed by atoms with Gasteiger partial charge in [0, 0.05) is 35.4 Å². The van der Waals surface area contributed by atoms with E-state index in [4.69, 9.17) is 4.52 Å². The van der Waals surface area contributed by atoms with Gasteiger partial charge in [-0.3, -0.25) is 4.98 Å². The molecule has 0 aliphatic rings. The lowest BCUT2D eigenvalue weighted by Crippen LogP contribution is -1.89. The van der Waals surface area contributed by atoms with Gasteiger partial charge in [0.2, 0.25) is 0 Å². The number of pyridine rings is 1. The largest absolute Gasteiger partial charge is 0.364 e. The number of benzene rings is 1. The van der Waals surface area contributed by atoms with Crippen molar-refractivity contribution in [2.75, 3.05) is 5.32 Å². The molecule has 0 bridgehead atoms. The predicted molar refractivity (Wildman–Crippen MR) is 69.5 cm³/mol. The molecule has 88 valence electrons. The highest BCUT2D eigenvalue weighted by atomic mass is 16.5. The molecule has 0 fully saturated rings. The fraction of sp³-hybridized carbons (Fsp3) is 0. The summed E-state index contributed by atoms with van der Waals surface area (Å²) in [5, 5.41) is 7.19. The van der Waals surface area contributed by atoms with Crippen LogP contribution in [0.4, 0.5) is 11.4 Å². The van der Waals surface area contributed by atoms with Crippen LogP contribution in [0.15, 0.2) is 65.6 Å². The van der Waals surface area contributed by atoms with E-state index in [1.807, 2.05) is 42.5 Å². The third-order valence-electron chi connectivity index (χ3n) is 2.59. The molecule has 0 atom stereocenters. The summed E-state index contributed by atoms with van der Waals surface area (Å²) >= 11 is 0. The maximum Gasteiger partial charge on any atom is 0.124 e. The summed E-state index contributed by atoms with van der Waals surface area (Å²) in [6.45, 7) is 0. The van der Waals surface area contributed by atoms with Gasteiger partial charge in [-0.25, -0.2) is 0 Å². The quantitative estimate of drug-likeness (QED) is 0.757. The summed E-state index contributed by atoms with van der Waals surface area (Å²) in [5.41, 5.74) is 3.90. The number of aromatic nitrogens is 2. The van der Waals surface area contributed by atoms with Crippen LogP contribution in [0.2, 0.25) is 0 Å². The zero-order valence-electron chi connectivity index (χ0n) is 9.58. The summed E-state index contributed by atoms with van der Waals surface area (Å²) in [6.07, 6.45) is 5.08. The Balaban J connectivity index is 1.80. The molecular weight excluding hydrogens is 226 g/mol. The van der Waals surface area contributed by atoms with Crippen molar-refractivity contribution < 1.29 is 4.52 Å². The number of hydrogen-bond acceptors (Lipinski definition) is 4. The molecule has 0 amide bonds. The van der Waals surface area contributed by atoms with Crippen LogP contribution >= 0.6 is 0 Å². The minimum Gasteiger partial charge on any atom is -0.364 e. The zero-order chi connectivity index (χ0) is 12.2. The Hall–Kier alpha value is -2.62. The standard InChI is InChI=1S/C14H11N3O/c1-3-12(16-13-5-8-15-9-6-13)4-2-11(1)14-7-10-18-17-14/h1-10H,(H,15,16). The van der Waals surface area contributed by atoms with Crippen molar-refractivity contribution in [3.05, 3.63) is 61.1 Å². The zero-order valence-corrected chi connectivity index (χ0v) is 9.58. The Morgan fingerprint density at radius 2 is 1.56 bits per heavy atom. The van der Waals surface area contributed by atoms with Gasteiger partial charge < -0.3 is 9.84 Å². The van der Waals surface area contributed by atoms with Gasteiger partial charge in [0.25, 0.3) is 0 Å². The highest BCUT2D eigenvalue weighted by Crippen LogP contribution is 2.21. The number of nitrogens with one attached hydrogen (secondary N) is 1. The fourth-order valence-corrected chi connectivity index (χ4v) is 1.69.